The molecule has 262 valence electrons. The molecule has 0 saturated carbocycles. The molecule has 0 spiro atoms. The Bertz CT molecular complexity index is 1750. The number of aliphatic imine (C=N–C) groups is 1. The summed E-state index contributed by atoms with van der Waals surface area (Å²) in [5, 5.41) is 7.49. The van der Waals surface area contributed by atoms with Crippen molar-refractivity contribution in [2.45, 2.75) is 38.7 Å². The number of β-lactam (4-membered cyclic amide) rings is 1. The van der Waals surface area contributed by atoms with E-state index in [0.717, 1.165) is 21.6 Å². The highest BCUT2D eigenvalue weighted by molar-refractivity contribution is 6.11. The number of ether oxygens (including phenoxy) is 3. The molecule has 4 aromatic carbocycles. The topological polar surface area (TPSA) is 165 Å². The Kier molecular flexibility index (Phi) is 12.9. The van der Waals surface area contributed by atoms with Gasteiger partial charge in [0.15, 0.2) is 6.04 Å². The lowest BCUT2D eigenvalue weighted by molar-refractivity contribution is -0.170. The van der Waals surface area contributed by atoms with Crippen molar-refractivity contribution in [2.24, 2.45) is 10.9 Å². The van der Waals surface area contributed by atoms with Crippen LogP contribution in [0.1, 0.15) is 29.5 Å². The zero-order valence-electron chi connectivity index (χ0n) is 27.6. The number of likely N-dealkylation sites (tertiary alicyclic amines) is 1. The molecular formula is C38H37N5O8. The number of anilines is 1. The smallest absolute Gasteiger partial charge is 0.414 e. The van der Waals surface area contributed by atoms with Gasteiger partial charge in [-0.15, -0.1) is 0 Å². The quantitative estimate of drug-likeness (QED) is 0.0420. The summed E-state index contributed by atoms with van der Waals surface area (Å²) in [4.78, 5) is 70.0. The molecule has 13 nitrogen and oxygen atoms in total. The van der Waals surface area contributed by atoms with Gasteiger partial charge in [-0.1, -0.05) is 109 Å². The van der Waals surface area contributed by atoms with Crippen molar-refractivity contribution in [3.05, 3.63) is 138 Å². The van der Waals surface area contributed by atoms with Crippen molar-refractivity contribution < 1.29 is 38.2 Å². The summed E-state index contributed by atoms with van der Waals surface area (Å²) in [7, 11) is 0. The van der Waals surface area contributed by atoms with Crippen LogP contribution in [-0.2, 0) is 43.6 Å². The Hall–Kier alpha value is -6.50. The van der Waals surface area contributed by atoms with Gasteiger partial charge in [-0.2, -0.15) is 0 Å². The molecule has 1 aliphatic rings. The fourth-order valence-electron chi connectivity index (χ4n) is 5.17. The van der Waals surface area contributed by atoms with Crippen LogP contribution in [-0.4, -0.2) is 53.5 Å². The van der Waals surface area contributed by atoms with E-state index in [-0.39, 0.29) is 45.2 Å². The van der Waals surface area contributed by atoms with E-state index in [1.165, 1.54) is 0 Å². The van der Waals surface area contributed by atoms with Gasteiger partial charge in [0.05, 0.1) is 5.92 Å². The van der Waals surface area contributed by atoms with Crippen LogP contribution in [0.4, 0.5) is 20.1 Å². The average Bonchev–Trinajstić information content (AvgIpc) is 3.15. The number of alkyl carbamates (subject to hydrolysis) is 2. The highest BCUT2D eigenvalue weighted by Crippen LogP contribution is 2.33. The van der Waals surface area contributed by atoms with Gasteiger partial charge in [0.1, 0.15) is 19.8 Å². The number of nitrogens with zero attached hydrogens (tertiary/aromatic N) is 2. The molecule has 0 aromatic heterocycles. The van der Waals surface area contributed by atoms with Crippen LogP contribution in [0.2, 0.25) is 0 Å². The lowest BCUT2D eigenvalue weighted by Crippen LogP contribution is -2.67. The lowest BCUT2D eigenvalue weighted by Gasteiger charge is -2.43. The number of rotatable bonds is 12. The first-order valence-electron chi connectivity index (χ1n) is 16.3. The van der Waals surface area contributed by atoms with E-state index in [0.29, 0.717) is 5.69 Å². The fourth-order valence-corrected chi connectivity index (χ4v) is 5.17. The molecule has 0 radical (unpaired) electrons. The maximum absolute atomic E-state index is 13.3. The van der Waals surface area contributed by atoms with Crippen molar-refractivity contribution in [1.29, 1.82) is 0 Å². The van der Waals surface area contributed by atoms with Crippen molar-refractivity contribution >= 4 is 41.7 Å². The van der Waals surface area contributed by atoms with Crippen LogP contribution in [0.25, 0.3) is 0 Å². The van der Waals surface area contributed by atoms with E-state index < -0.39 is 42.1 Å². The minimum Gasteiger partial charge on any atom is -0.459 e. The third-order valence-electron chi connectivity index (χ3n) is 7.73. The summed E-state index contributed by atoms with van der Waals surface area (Å²) in [6.45, 7) is -0.0351. The maximum atomic E-state index is 13.3. The minimum absolute atomic E-state index is 0.0156. The van der Waals surface area contributed by atoms with E-state index in [1.54, 1.807) is 66.7 Å². The molecule has 0 aliphatic carbocycles. The van der Waals surface area contributed by atoms with E-state index >= 15 is 0 Å². The number of benzene rings is 4. The number of imide groups is 1. The summed E-state index contributed by atoms with van der Waals surface area (Å²) in [5.74, 6) is -2.35. The Morgan fingerprint density at radius 2 is 1.08 bits per heavy atom. The SMILES string of the molecule is O=C(NC(=NCCCC1C(=O)N(C(=O)Nc2ccccc2)[C@@H]1C(=O)OCc1ccccc1)NC(=O)OCc1ccccc1)OCc1ccccc1. The number of carbonyl (C=O) groups excluding carboxylic acids is 5. The van der Waals surface area contributed by atoms with Gasteiger partial charge in [0, 0.05) is 12.2 Å². The van der Waals surface area contributed by atoms with E-state index in [2.05, 4.69) is 20.9 Å². The molecule has 1 fully saturated rings. The number of hydrogen-bond donors (Lipinski definition) is 3. The Morgan fingerprint density at radius 3 is 1.57 bits per heavy atom. The number of carbonyl (C=O) groups is 5. The number of para-hydroxylation sites is 1. The molecule has 5 rings (SSSR count). The number of hydrogen-bond acceptors (Lipinski definition) is 9. The summed E-state index contributed by atoms with van der Waals surface area (Å²) in [6.07, 6.45) is -1.32. The molecule has 2 atom stereocenters. The molecule has 4 aromatic rings. The predicted molar refractivity (Wildman–Crippen MR) is 187 cm³/mol. The highest BCUT2D eigenvalue weighted by Gasteiger charge is 2.55. The van der Waals surface area contributed by atoms with E-state index in [1.807, 2.05) is 54.6 Å². The Balaban J connectivity index is 1.21. The standard InChI is InChI=1S/C38H37N5O8/c44-33-31(32(34(45)49-24-27-14-5-1-6-15-27)43(33)36(46)40-30-20-11-4-12-21-30)22-13-23-39-35(41-37(47)50-25-28-16-7-2-8-17-28)42-38(48)51-26-29-18-9-3-10-19-29/h1-12,14-21,31-32H,13,22-26H2,(H,40,46)(H2,39,41,42,47,48)/t31?,32-/m0/s1. The molecule has 1 unspecified atom stereocenters. The zero-order chi connectivity index (χ0) is 35.8. The van der Waals surface area contributed by atoms with Crippen molar-refractivity contribution in [2.75, 3.05) is 11.9 Å². The van der Waals surface area contributed by atoms with Gasteiger partial charge in [-0.25, -0.2) is 24.1 Å². The van der Waals surface area contributed by atoms with Gasteiger partial charge in [0.2, 0.25) is 11.9 Å². The molecule has 13 heteroatoms. The summed E-state index contributed by atoms with van der Waals surface area (Å²) in [5.41, 5.74) is 2.73. The second-order valence-corrected chi connectivity index (χ2v) is 11.4. The van der Waals surface area contributed by atoms with Gasteiger partial charge >= 0.3 is 24.2 Å². The van der Waals surface area contributed by atoms with Gasteiger partial charge < -0.3 is 19.5 Å². The second-order valence-electron chi connectivity index (χ2n) is 11.4. The minimum atomic E-state index is -1.16. The number of amides is 5. The van der Waals surface area contributed by atoms with Crippen LogP contribution >= 0.6 is 0 Å². The summed E-state index contributed by atoms with van der Waals surface area (Å²) in [6, 6.07) is 33.8. The molecule has 5 amide bonds. The van der Waals surface area contributed by atoms with Gasteiger partial charge in [-0.3, -0.25) is 20.4 Å². The lowest BCUT2D eigenvalue weighted by atomic mass is 9.83. The van der Waals surface area contributed by atoms with Crippen LogP contribution in [0, 0.1) is 5.92 Å². The van der Waals surface area contributed by atoms with Crippen molar-refractivity contribution in [1.82, 2.24) is 15.5 Å². The molecule has 1 saturated heterocycles. The summed E-state index contributed by atoms with van der Waals surface area (Å²) >= 11 is 0. The van der Waals surface area contributed by atoms with E-state index in [4.69, 9.17) is 14.2 Å². The number of esters is 1. The third kappa shape index (κ3) is 10.7. The molecule has 1 aliphatic heterocycles. The molecule has 51 heavy (non-hydrogen) atoms. The number of guanidine groups is 1. The summed E-state index contributed by atoms with van der Waals surface area (Å²) < 4.78 is 16.0. The van der Waals surface area contributed by atoms with Gasteiger partial charge in [0.25, 0.3) is 0 Å². The maximum Gasteiger partial charge on any atom is 0.414 e. The Labute approximate surface area is 294 Å². The van der Waals surface area contributed by atoms with Crippen molar-refractivity contribution in [3.63, 3.8) is 0 Å². The highest BCUT2D eigenvalue weighted by atomic mass is 16.6. The first-order chi connectivity index (χ1) is 24.9. The molecule has 1 heterocycles. The van der Waals surface area contributed by atoms with Crippen LogP contribution in [0.15, 0.2) is 126 Å². The number of urea groups is 1. The van der Waals surface area contributed by atoms with Gasteiger partial charge in [-0.05, 0) is 41.7 Å². The van der Waals surface area contributed by atoms with Crippen LogP contribution < -0.4 is 16.0 Å². The average molecular weight is 692 g/mol. The zero-order valence-corrected chi connectivity index (χ0v) is 27.6. The van der Waals surface area contributed by atoms with Crippen LogP contribution in [0.3, 0.4) is 0 Å². The molecule has 3 N–H and O–H groups in total. The monoisotopic (exact) mass is 691 g/mol. The number of nitrogens with one attached hydrogen (secondary N) is 3. The second kappa shape index (κ2) is 18.3. The fraction of sp³-hybridized carbons (Fsp3) is 0.211. The largest absolute Gasteiger partial charge is 0.459 e. The van der Waals surface area contributed by atoms with Crippen LogP contribution in [0.5, 0.6) is 0 Å². The third-order valence-corrected chi connectivity index (χ3v) is 7.73. The predicted octanol–water partition coefficient (Wildman–Crippen LogP) is 5.78. The van der Waals surface area contributed by atoms with Crippen molar-refractivity contribution in [3.8, 4) is 0 Å². The van der Waals surface area contributed by atoms with E-state index in [9.17, 15) is 24.0 Å². The normalized spacial score (nSPS) is 14.7. The first kappa shape index (κ1) is 35.8. The molecule has 0 bridgehead atoms. The first-order valence-corrected chi connectivity index (χ1v) is 16.3. The molecular weight excluding hydrogens is 654 g/mol. The Morgan fingerprint density at radius 1 is 0.627 bits per heavy atom.